The van der Waals surface area contributed by atoms with Gasteiger partial charge >= 0.3 is 0 Å². The molecule has 0 bridgehead atoms. The average molecular weight is 283 g/mol. The van der Waals surface area contributed by atoms with Crippen LogP contribution in [0.15, 0.2) is 41.1 Å². The highest BCUT2D eigenvalue weighted by Gasteiger charge is 2.18. The highest BCUT2D eigenvalue weighted by Crippen LogP contribution is 2.30. The Labute approximate surface area is 122 Å². The Hall–Kier alpha value is -2.49. The van der Waals surface area contributed by atoms with E-state index in [1.807, 2.05) is 25.1 Å². The summed E-state index contributed by atoms with van der Waals surface area (Å²) in [6.07, 6.45) is 4.14. The van der Waals surface area contributed by atoms with Crippen molar-refractivity contribution in [2.45, 2.75) is 20.3 Å². The highest BCUT2D eigenvalue weighted by molar-refractivity contribution is 6.17. The van der Waals surface area contributed by atoms with Crippen molar-refractivity contribution >= 4 is 16.7 Å². The molecule has 0 atom stereocenters. The summed E-state index contributed by atoms with van der Waals surface area (Å²) in [5.41, 5.74) is 2.06. The van der Waals surface area contributed by atoms with E-state index in [4.69, 9.17) is 9.15 Å². The molecule has 0 fully saturated rings. The molecule has 0 radical (unpaired) electrons. The van der Waals surface area contributed by atoms with Gasteiger partial charge in [-0.05, 0) is 31.5 Å². The maximum atomic E-state index is 12.6. The van der Waals surface area contributed by atoms with Crippen molar-refractivity contribution in [3.63, 3.8) is 0 Å². The molecule has 0 unspecified atom stereocenters. The van der Waals surface area contributed by atoms with E-state index in [-0.39, 0.29) is 5.78 Å². The van der Waals surface area contributed by atoms with Crippen molar-refractivity contribution in [2.75, 3.05) is 6.61 Å². The summed E-state index contributed by atoms with van der Waals surface area (Å²) >= 11 is 0. The molecule has 1 aromatic carbocycles. The number of aryl methyl sites for hydroxylation is 1. The Morgan fingerprint density at radius 3 is 2.95 bits per heavy atom. The van der Waals surface area contributed by atoms with E-state index in [1.54, 1.807) is 12.3 Å². The van der Waals surface area contributed by atoms with E-state index < -0.39 is 0 Å². The fraction of sp³-hybridized carbons (Fsp3) is 0.235. The summed E-state index contributed by atoms with van der Waals surface area (Å²) in [5, 5.41) is 0.829. The van der Waals surface area contributed by atoms with Crippen LogP contribution in [-0.4, -0.2) is 17.4 Å². The molecule has 1 N–H and O–H groups in total. The Morgan fingerprint density at radius 2 is 2.24 bits per heavy atom. The van der Waals surface area contributed by atoms with Gasteiger partial charge in [0.2, 0.25) is 0 Å². The number of aromatic nitrogens is 1. The second-order valence-corrected chi connectivity index (χ2v) is 5.00. The lowest BCUT2D eigenvalue weighted by Crippen LogP contribution is -2.01. The zero-order chi connectivity index (χ0) is 14.8. The van der Waals surface area contributed by atoms with Crippen LogP contribution in [-0.2, 0) is 0 Å². The van der Waals surface area contributed by atoms with Gasteiger partial charge in [0, 0.05) is 11.7 Å². The third-order valence-corrected chi connectivity index (χ3v) is 3.37. The summed E-state index contributed by atoms with van der Waals surface area (Å²) in [6, 6.07) is 7.49. The maximum Gasteiger partial charge on any atom is 0.198 e. The number of H-pyrrole nitrogens is 1. The van der Waals surface area contributed by atoms with Crippen molar-refractivity contribution in [2.24, 2.45) is 0 Å². The monoisotopic (exact) mass is 283 g/mol. The molecule has 108 valence electrons. The standard InChI is InChI=1S/C17H17NO3/c1-3-7-20-15-6-4-5-14-16(15)13(9-18-14)17(19)12-8-11(2)21-10-12/h4-6,8-10,18H,3,7H2,1-2H3. The van der Waals surface area contributed by atoms with Crippen LogP contribution in [0.3, 0.4) is 0 Å². The minimum absolute atomic E-state index is 0.0642. The van der Waals surface area contributed by atoms with Crippen LogP contribution in [0.2, 0.25) is 0 Å². The van der Waals surface area contributed by atoms with E-state index in [1.165, 1.54) is 6.26 Å². The van der Waals surface area contributed by atoms with Crippen molar-refractivity contribution < 1.29 is 13.9 Å². The van der Waals surface area contributed by atoms with Crippen LogP contribution in [0.4, 0.5) is 0 Å². The molecule has 0 aliphatic carbocycles. The zero-order valence-corrected chi connectivity index (χ0v) is 12.1. The summed E-state index contributed by atoms with van der Waals surface area (Å²) in [6.45, 7) is 4.50. The van der Waals surface area contributed by atoms with Gasteiger partial charge in [-0.1, -0.05) is 13.0 Å². The number of ketones is 1. The largest absolute Gasteiger partial charge is 0.493 e. The molecule has 0 saturated carbocycles. The van der Waals surface area contributed by atoms with Crippen LogP contribution < -0.4 is 4.74 Å². The average Bonchev–Trinajstić information content (AvgIpc) is 3.11. The number of carbonyl (C=O) groups is 1. The van der Waals surface area contributed by atoms with Crippen LogP contribution in [0.25, 0.3) is 10.9 Å². The van der Waals surface area contributed by atoms with Crippen molar-refractivity contribution in [3.8, 4) is 5.75 Å². The first-order chi connectivity index (χ1) is 10.2. The number of nitrogens with one attached hydrogen (secondary N) is 1. The number of furan rings is 1. The van der Waals surface area contributed by atoms with Crippen LogP contribution in [0.1, 0.15) is 35.0 Å². The predicted molar refractivity (Wildman–Crippen MR) is 81.0 cm³/mol. The SMILES string of the molecule is CCCOc1cccc2[nH]cc(C(=O)c3coc(C)c3)c12. The molecule has 3 rings (SSSR count). The lowest BCUT2D eigenvalue weighted by molar-refractivity contribution is 0.103. The third-order valence-electron chi connectivity index (χ3n) is 3.37. The Kier molecular flexibility index (Phi) is 3.52. The smallest absolute Gasteiger partial charge is 0.198 e. The number of fused-ring (bicyclic) bond motifs is 1. The summed E-state index contributed by atoms with van der Waals surface area (Å²) in [5.74, 6) is 1.39. The van der Waals surface area contributed by atoms with Gasteiger partial charge in [-0.15, -0.1) is 0 Å². The first-order valence-corrected chi connectivity index (χ1v) is 7.03. The first-order valence-electron chi connectivity index (χ1n) is 7.03. The first kappa shape index (κ1) is 13.5. The second-order valence-electron chi connectivity index (χ2n) is 5.00. The molecule has 0 aliphatic heterocycles. The van der Waals surface area contributed by atoms with E-state index in [2.05, 4.69) is 11.9 Å². The molecule has 21 heavy (non-hydrogen) atoms. The van der Waals surface area contributed by atoms with E-state index in [0.717, 1.165) is 28.8 Å². The highest BCUT2D eigenvalue weighted by atomic mass is 16.5. The molecule has 0 spiro atoms. The van der Waals surface area contributed by atoms with Gasteiger partial charge < -0.3 is 14.1 Å². The fourth-order valence-electron chi connectivity index (χ4n) is 2.38. The van der Waals surface area contributed by atoms with E-state index >= 15 is 0 Å². The molecule has 2 heterocycles. The molecule has 3 aromatic rings. The molecule has 4 heteroatoms. The minimum atomic E-state index is -0.0642. The predicted octanol–water partition coefficient (Wildman–Crippen LogP) is 4.09. The molecule has 0 aliphatic rings. The van der Waals surface area contributed by atoms with Crippen molar-refractivity contribution in [1.82, 2.24) is 4.98 Å². The molecular formula is C17H17NO3. The Morgan fingerprint density at radius 1 is 1.38 bits per heavy atom. The van der Waals surface area contributed by atoms with Gasteiger partial charge in [0.15, 0.2) is 5.78 Å². The number of ether oxygens (including phenoxy) is 1. The van der Waals surface area contributed by atoms with Crippen LogP contribution >= 0.6 is 0 Å². The number of rotatable bonds is 5. The lowest BCUT2D eigenvalue weighted by atomic mass is 10.0. The third kappa shape index (κ3) is 2.44. The summed E-state index contributed by atoms with van der Waals surface area (Å²) in [7, 11) is 0. The number of hydrogen-bond donors (Lipinski definition) is 1. The van der Waals surface area contributed by atoms with Gasteiger partial charge in [0.25, 0.3) is 0 Å². The number of aromatic amines is 1. The van der Waals surface area contributed by atoms with Crippen molar-refractivity contribution in [3.05, 3.63) is 53.6 Å². The number of carbonyl (C=O) groups excluding carboxylic acids is 1. The van der Waals surface area contributed by atoms with Gasteiger partial charge in [0.1, 0.15) is 17.8 Å². The zero-order valence-electron chi connectivity index (χ0n) is 12.1. The van der Waals surface area contributed by atoms with E-state index in [9.17, 15) is 4.79 Å². The van der Waals surface area contributed by atoms with Gasteiger partial charge in [-0.3, -0.25) is 4.79 Å². The van der Waals surface area contributed by atoms with Gasteiger partial charge in [-0.2, -0.15) is 0 Å². The van der Waals surface area contributed by atoms with Gasteiger partial charge in [0.05, 0.1) is 23.1 Å². The topological polar surface area (TPSA) is 55.2 Å². The normalized spacial score (nSPS) is 11.0. The molecule has 2 aromatic heterocycles. The van der Waals surface area contributed by atoms with Crippen molar-refractivity contribution in [1.29, 1.82) is 0 Å². The lowest BCUT2D eigenvalue weighted by Gasteiger charge is -2.07. The molecule has 0 saturated heterocycles. The molecular weight excluding hydrogens is 266 g/mol. The summed E-state index contributed by atoms with van der Waals surface area (Å²) < 4.78 is 11.0. The summed E-state index contributed by atoms with van der Waals surface area (Å²) in [4.78, 5) is 15.8. The van der Waals surface area contributed by atoms with Crippen LogP contribution in [0.5, 0.6) is 5.75 Å². The molecule has 0 amide bonds. The van der Waals surface area contributed by atoms with Gasteiger partial charge in [-0.25, -0.2) is 0 Å². The second kappa shape index (κ2) is 5.48. The van der Waals surface area contributed by atoms with Crippen LogP contribution in [0, 0.1) is 6.92 Å². The maximum absolute atomic E-state index is 12.6. The van der Waals surface area contributed by atoms with E-state index in [0.29, 0.717) is 17.7 Å². The molecule has 4 nitrogen and oxygen atoms in total. The Balaban J connectivity index is 2.08. The quantitative estimate of drug-likeness (QED) is 0.717. The number of benzene rings is 1. The number of hydrogen-bond acceptors (Lipinski definition) is 3. The minimum Gasteiger partial charge on any atom is -0.493 e. The fourth-order valence-corrected chi connectivity index (χ4v) is 2.38. The Bertz CT molecular complexity index is 782.